The molecule has 0 bridgehead atoms. The van der Waals surface area contributed by atoms with Gasteiger partial charge in [0.25, 0.3) is 0 Å². The van der Waals surface area contributed by atoms with Gasteiger partial charge in [-0.3, -0.25) is 9.80 Å². The molecule has 0 aromatic heterocycles. The first-order valence-corrected chi connectivity index (χ1v) is 5.22. The molecule has 0 saturated carbocycles. The second-order valence-corrected chi connectivity index (χ2v) is 3.87. The molecule has 1 radical (unpaired) electrons. The first-order valence-electron chi connectivity index (χ1n) is 5.22. The Kier molecular flexibility index (Phi) is 2.47. The second kappa shape index (κ2) is 3.60. The number of nitrogens with zero attached hydrogens (tertiary/aromatic N) is 3. The zero-order chi connectivity index (χ0) is 9.26. The second-order valence-electron chi connectivity index (χ2n) is 3.87. The Morgan fingerprint density at radius 3 is 2.77 bits per heavy atom. The van der Waals surface area contributed by atoms with Crippen LogP contribution in [0.5, 0.6) is 0 Å². The van der Waals surface area contributed by atoms with E-state index in [9.17, 15) is 0 Å². The van der Waals surface area contributed by atoms with Crippen molar-refractivity contribution < 1.29 is 4.49 Å². The summed E-state index contributed by atoms with van der Waals surface area (Å²) >= 11 is 0. The van der Waals surface area contributed by atoms with Gasteiger partial charge in [0.15, 0.2) is 0 Å². The van der Waals surface area contributed by atoms with Crippen LogP contribution in [0.3, 0.4) is 0 Å². The summed E-state index contributed by atoms with van der Waals surface area (Å²) in [6.45, 7) is 7.00. The highest BCUT2D eigenvalue weighted by molar-refractivity contribution is 6.24. The predicted molar refractivity (Wildman–Crippen MR) is 55.2 cm³/mol. The van der Waals surface area contributed by atoms with Gasteiger partial charge in [-0.15, -0.1) is 0 Å². The number of fused-ring (bicyclic) bond motifs is 1. The third-order valence-corrected chi connectivity index (χ3v) is 2.94. The highest BCUT2D eigenvalue weighted by Gasteiger charge is 2.32. The molecule has 0 atom stereocenters. The maximum Gasteiger partial charge on any atom is 0.343 e. The quantitative estimate of drug-likeness (QED) is 0.526. The van der Waals surface area contributed by atoms with E-state index in [-0.39, 0.29) is 0 Å². The molecule has 0 aromatic rings. The van der Waals surface area contributed by atoms with Crippen molar-refractivity contribution in [3.63, 3.8) is 0 Å². The summed E-state index contributed by atoms with van der Waals surface area (Å²) in [5.41, 5.74) is 0. The van der Waals surface area contributed by atoms with Crippen LogP contribution in [0.4, 0.5) is 0 Å². The average molecular weight is 179 g/mol. The molecule has 4 heteroatoms. The van der Waals surface area contributed by atoms with Crippen LogP contribution in [-0.4, -0.2) is 60.9 Å². The Morgan fingerprint density at radius 1 is 1.23 bits per heavy atom. The highest BCUT2D eigenvalue weighted by atomic mass is 15.4. The van der Waals surface area contributed by atoms with E-state index in [1.54, 1.807) is 0 Å². The summed E-state index contributed by atoms with van der Waals surface area (Å²) < 4.78 is 2.38. The lowest BCUT2D eigenvalue weighted by molar-refractivity contribution is -0.405. The van der Waals surface area contributed by atoms with Gasteiger partial charge in [0.05, 0.1) is 33.2 Å². The van der Waals surface area contributed by atoms with Gasteiger partial charge in [0.2, 0.25) is 0 Å². The van der Waals surface area contributed by atoms with Gasteiger partial charge in [0.1, 0.15) is 0 Å². The molecule has 1 saturated heterocycles. The Labute approximate surface area is 81.3 Å². The van der Waals surface area contributed by atoms with Gasteiger partial charge in [-0.2, -0.15) is 0 Å². The minimum Gasteiger partial charge on any atom is -0.324 e. The summed E-state index contributed by atoms with van der Waals surface area (Å²) in [6.07, 6.45) is 2.60. The molecule has 2 aliphatic heterocycles. The van der Waals surface area contributed by atoms with Crippen LogP contribution in [0.1, 0.15) is 12.8 Å². The van der Waals surface area contributed by atoms with Crippen molar-refractivity contribution in [3.05, 3.63) is 0 Å². The van der Waals surface area contributed by atoms with E-state index < -0.39 is 0 Å². The molecule has 2 aliphatic rings. The Bertz CT molecular complexity index is 227. The molecular formula is C9H18BN3+. The van der Waals surface area contributed by atoms with Gasteiger partial charge >= 0.3 is 13.4 Å². The van der Waals surface area contributed by atoms with Crippen molar-refractivity contribution in [1.82, 2.24) is 9.80 Å². The fourth-order valence-corrected chi connectivity index (χ4v) is 2.33. The maximum absolute atomic E-state index is 2.51. The molecule has 3 nitrogen and oxygen atoms in total. The Balaban J connectivity index is 2.26. The van der Waals surface area contributed by atoms with Crippen molar-refractivity contribution in [3.8, 4) is 0 Å². The molecule has 2 rings (SSSR count). The first kappa shape index (κ1) is 8.91. The van der Waals surface area contributed by atoms with Gasteiger partial charge in [0, 0.05) is 12.8 Å². The topological polar surface area (TPSA) is 9.49 Å². The third kappa shape index (κ3) is 1.54. The van der Waals surface area contributed by atoms with Crippen LogP contribution in [0.25, 0.3) is 0 Å². The van der Waals surface area contributed by atoms with E-state index in [4.69, 9.17) is 0 Å². The summed E-state index contributed by atoms with van der Waals surface area (Å²) in [4.78, 5) is 4.88. The number of rotatable bonds is 1. The monoisotopic (exact) mass is 179 g/mol. The Morgan fingerprint density at radius 2 is 2.00 bits per heavy atom. The molecule has 13 heavy (non-hydrogen) atoms. The molecule has 2 heterocycles. The van der Waals surface area contributed by atoms with Crippen molar-refractivity contribution in [2.45, 2.75) is 19.7 Å². The molecule has 0 aromatic carbocycles. The molecule has 71 valence electrons. The van der Waals surface area contributed by atoms with Crippen molar-refractivity contribution >= 4 is 13.4 Å². The first-order chi connectivity index (χ1) is 6.33. The molecular weight excluding hydrogens is 161 g/mol. The normalized spacial score (nSPS) is 23.2. The largest absolute Gasteiger partial charge is 0.343 e. The molecule has 0 amide bonds. The molecule has 0 N–H and O–H groups in total. The fraction of sp³-hybridized carbons (Fsp3) is 0.889. The third-order valence-electron chi connectivity index (χ3n) is 2.94. The minimum absolute atomic E-state index is 1.19. The summed E-state index contributed by atoms with van der Waals surface area (Å²) in [7, 11) is 4.40. The van der Waals surface area contributed by atoms with Gasteiger partial charge in [-0.1, -0.05) is 6.82 Å². The number of guanidine groups is 1. The zero-order valence-corrected chi connectivity index (χ0v) is 8.66. The van der Waals surface area contributed by atoms with Crippen LogP contribution in [-0.2, 0) is 0 Å². The van der Waals surface area contributed by atoms with Crippen molar-refractivity contribution in [2.24, 2.45) is 0 Å². The SMILES string of the molecule is C[B][N+]1=C2N(C)CCCN2CCC1. The highest BCUT2D eigenvalue weighted by Crippen LogP contribution is 2.11. The van der Waals surface area contributed by atoms with E-state index in [0.717, 1.165) is 0 Å². The number of hydrogen-bond acceptors (Lipinski definition) is 2. The van der Waals surface area contributed by atoms with E-state index in [2.05, 4.69) is 35.6 Å². The van der Waals surface area contributed by atoms with Crippen LogP contribution >= 0.6 is 0 Å². The lowest BCUT2D eigenvalue weighted by atomic mass is 9.97. The van der Waals surface area contributed by atoms with Gasteiger partial charge in [-0.05, 0) is 0 Å². The van der Waals surface area contributed by atoms with Gasteiger partial charge in [-0.25, -0.2) is 0 Å². The zero-order valence-electron chi connectivity index (χ0n) is 8.66. The smallest absolute Gasteiger partial charge is 0.324 e. The van der Waals surface area contributed by atoms with E-state index in [1.807, 2.05) is 0 Å². The van der Waals surface area contributed by atoms with E-state index >= 15 is 0 Å². The molecule has 0 unspecified atom stereocenters. The van der Waals surface area contributed by atoms with Crippen molar-refractivity contribution in [2.75, 3.05) is 33.2 Å². The minimum atomic E-state index is 1.19. The summed E-state index contributed by atoms with van der Waals surface area (Å²) in [5, 5.41) is 0. The average Bonchev–Trinajstić information content (AvgIpc) is 2.17. The van der Waals surface area contributed by atoms with E-state index in [1.165, 1.54) is 45.0 Å². The predicted octanol–water partition coefficient (Wildman–Crippen LogP) is 0.0634. The lowest BCUT2D eigenvalue weighted by Crippen LogP contribution is -2.56. The maximum atomic E-state index is 2.51. The van der Waals surface area contributed by atoms with Crippen LogP contribution < -0.4 is 0 Å². The Hall–Kier alpha value is -0.665. The van der Waals surface area contributed by atoms with Gasteiger partial charge < -0.3 is 4.49 Å². The lowest BCUT2D eigenvalue weighted by Gasteiger charge is -2.35. The summed E-state index contributed by atoms with van der Waals surface area (Å²) in [5.74, 6) is 1.42. The van der Waals surface area contributed by atoms with E-state index in [0.29, 0.717) is 0 Å². The molecule has 0 spiro atoms. The van der Waals surface area contributed by atoms with Crippen LogP contribution in [0.15, 0.2) is 0 Å². The summed E-state index contributed by atoms with van der Waals surface area (Å²) in [6, 6.07) is 0. The van der Waals surface area contributed by atoms with Crippen molar-refractivity contribution in [1.29, 1.82) is 0 Å². The van der Waals surface area contributed by atoms with Crippen LogP contribution in [0, 0.1) is 0 Å². The molecule has 1 fully saturated rings. The van der Waals surface area contributed by atoms with Crippen LogP contribution in [0.2, 0.25) is 6.82 Å². The fourth-order valence-electron chi connectivity index (χ4n) is 2.33. The standard InChI is InChI=1S/C9H18BN3/c1-10-13-8-4-7-12-6-3-5-11(2)9(12)13/h3-8H2,1-2H3/q+1. The molecule has 0 aliphatic carbocycles. The number of hydrogen-bond donors (Lipinski definition) is 0.